The molecule has 94 valence electrons. The molecule has 3 rings (SSSR count). The van der Waals surface area contributed by atoms with E-state index in [1.807, 2.05) is 18.2 Å². The van der Waals surface area contributed by atoms with Gasteiger partial charge in [0.05, 0.1) is 17.0 Å². The highest BCUT2D eigenvalue weighted by molar-refractivity contribution is 6.34. The first kappa shape index (κ1) is 8.82. The van der Waals surface area contributed by atoms with E-state index in [1.54, 1.807) is 12.1 Å². The number of nitrogens with zero attached hydrogens (tertiary/aromatic N) is 3. The Labute approximate surface area is 118 Å². The van der Waals surface area contributed by atoms with E-state index >= 15 is 0 Å². The Bertz CT molecular complexity index is 859. The first-order chi connectivity index (χ1) is 10.4. The van der Waals surface area contributed by atoms with E-state index in [0.29, 0.717) is 17.5 Å². The van der Waals surface area contributed by atoms with Crippen LogP contribution in [-0.4, -0.2) is 20.9 Å². The molecule has 3 aromatic rings. The number of carbonyl (C=O) groups excluding carboxylic acids is 1. The van der Waals surface area contributed by atoms with Crippen LogP contribution in [0.3, 0.4) is 0 Å². The Morgan fingerprint density at radius 2 is 2.16 bits per heavy atom. The van der Waals surface area contributed by atoms with Gasteiger partial charge in [0.25, 0.3) is 0 Å². The summed E-state index contributed by atoms with van der Waals surface area (Å²) in [5, 5.41) is 3.89. The van der Waals surface area contributed by atoms with Crippen LogP contribution >= 0.6 is 11.6 Å². The van der Waals surface area contributed by atoms with Crippen molar-refractivity contribution in [3.05, 3.63) is 52.8 Å². The van der Waals surface area contributed by atoms with Gasteiger partial charge < -0.3 is 0 Å². The van der Waals surface area contributed by atoms with Gasteiger partial charge in [-0.05, 0) is 6.85 Å². The Kier molecular flexibility index (Phi) is 2.08. The van der Waals surface area contributed by atoms with Crippen molar-refractivity contribution >= 4 is 23.5 Å². The summed E-state index contributed by atoms with van der Waals surface area (Å²) in [5.41, 5.74) is 1.44. The van der Waals surface area contributed by atoms with E-state index in [0.717, 1.165) is 5.56 Å². The van der Waals surface area contributed by atoms with Gasteiger partial charge in [0.1, 0.15) is 5.02 Å². The van der Waals surface area contributed by atoms with Crippen molar-refractivity contribution in [1.29, 1.82) is 0 Å². The van der Waals surface area contributed by atoms with E-state index in [9.17, 15) is 4.79 Å². The molecule has 0 atom stereocenters. The minimum Gasteiger partial charge on any atom is -0.298 e. The fraction of sp³-hybridized carbons (Fsp3) is 0.0714. The molecule has 0 unspecified atom stereocenters. The maximum absolute atomic E-state index is 11.3. The quantitative estimate of drug-likeness (QED) is 0.674. The van der Waals surface area contributed by atoms with Crippen molar-refractivity contribution < 1.29 is 8.91 Å². The fourth-order valence-corrected chi connectivity index (χ4v) is 2.04. The highest BCUT2D eigenvalue weighted by Gasteiger charge is 2.13. The van der Waals surface area contributed by atoms with Crippen LogP contribution in [0.25, 0.3) is 16.9 Å². The first-order valence-corrected chi connectivity index (χ1v) is 5.89. The molecule has 0 aliphatic rings. The lowest BCUT2D eigenvalue weighted by molar-refractivity contribution is 0.112. The zero-order valence-corrected chi connectivity index (χ0v) is 10.4. The summed E-state index contributed by atoms with van der Waals surface area (Å²) < 4.78 is 23.5. The lowest BCUT2D eigenvalue weighted by Crippen LogP contribution is -1.98. The summed E-state index contributed by atoms with van der Waals surface area (Å²) >= 11 is 6.10. The second kappa shape index (κ2) is 4.48. The van der Waals surface area contributed by atoms with Gasteiger partial charge in [0.2, 0.25) is 0 Å². The van der Waals surface area contributed by atoms with Gasteiger partial charge >= 0.3 is 0 Å². The van der Waals surface area contributed by atoms with Crippen molar-refractivity contribution in [2.24, 2.45) is 0 Å². The number of carbonyl (C=O) groups is 1. The van der Waals surface area contributed by atoms with Crippen LogP contribution in [0.1, 0.15) is 20.2 Å². The van der Waals surface area contributed by atoms with Crippen LogP contribution < -0.4 is 0 Å². The predicted molar refractivity (Wildman–Crippen MR) is 73.6 cm³/mol. The SMILES string of the molecule is [2H]C([2H])([2H])c1nn2cc(C=O)c(-c3ccccc3)nc2c1Cl. The van der Waals surface area contributed by atoms with Crippen LogP contribution in [0.2, 0.25) is 5.02 Å². The van der Waals surface area contributed by atoms with E-state index < -0.39 is 6.85 Å². The number of aromatic nitrogens is 3. The van der Waals surface area contributed by atoms with E-state index in [2.05, 4.69) is 10.1 Å². The maximum atomic E-state index is 11.3. The van der Waals surface area contributed by atoms with Gasteiger partial charge in [-0.3, -0.25) is 4.79 Å². The Morgan fingerprint density at radius 3 is 2.84 bits per heavy atom. The van der Waals surface area contributed by atoms with Crippen LogP contribution in [0.5, 0.6) is 0 Å². The van der Waals surface area contributed by atoms with Crippen molar-refractivity contribution in [3.63, 3.8) is 0 Å². The molecule has 1 aromatic carbocycles. The van der Waals surface area contributed by atoms with Crippen molar-refractivity contribution in [2.45, 2.75) is 6.85 Å². The third-order valence-electron chi connectivity index (χ3n) is 2.76. The van der Waals surface area contributed by atoms with E-state index in [-0.39, 0.29) is 16.4 Å². The Morgan fingerprint density at radius 1 is 1.37 bits per heavy atom. The highest BCUT2D eigenvalue weighted by atomic mass is 35.5. The monoisotopic (exact) mass is 274 g/mol. The molecular weight excluding hydrogens is 262 g/mol. The Balaban J connectivity index is 2.31. The molecule has 0 amide bonds. The van der Waals surface area contributed by atoms with Gasteiger partial charge in [-0.25, -0.2) is 9.50 Å². The minimum absolute atomic E-state index is 0.0327. The van der Waals surface area contributed by atoms with Gasteiger partial charge in [0, 0.05) is 15.9 Å². The third-order valence-corrected chi connectivity index (χ3v) is 3.10. The van der Waals surface area contributed by atoms with E-state index in [1.165, 1.54) is 10.7 Å². The number of aldehydes is 1. The molecule has 0 aliphatic carbocycles. The number of halogens is 1. The van der Waals surface area contributed by atoms with Crippen LogP contribution in [0.15, 0.2) is 36.5 Å². The first-order valence-electron chi connectivity index (χ1n) is 7.02. The number of rotatable bonds is 2. The smallest absolute Gasteiger partial charge is 0.174 e. The molecule has 0 N–H and O–H groups in total. The molecule has 0 aliphatic heterocycles. The molecule has 19 heavy (non-hydrogen) atoms. The molecule has 2 aromatic heterocycles. The van der Waals surface area contributed by atoms with Crippen LogP contribution in [0.4, 0.5) is 0 Å². The summed E-state index contributed by atoms with van der Waals surface area (Å²) in [6.07, 6.45) is 2.08. The molecule has 4 nitrogen and oxygen atoms in total. The lowest BCUT2D eigenvalue weighted by Gasteiger charge is -2.05. The zero-order chi connectivity index (χ0) is 15.9. The van der Waals surface area contributed by atoms with Crippen LogP contribution in [-0.2, 0) is 0 Å². The molecular formula is C14H10ClN3O. The largest absolute Gasteiger partial charge is 0.298 e. The molecule has 0 saturated heterocycles. The predicted octanol–water partition coefficient (Wildman–Crippen LogP) is 3.17. The molecule has 0 bridgehead atoms. The van der Waals surface area contributed by atoms with Crippen LogP contribution in [0, 0.1) is 6.85 Å². The van der Waals surface area contributed by atoms with Gasteiger partial charge in [-0.2, -0.15) is 5.10 Å². The van der Waals surface area contributed by atoms with Crippen molar-refractivity contribution in [1.82, 2.24) is 14.6 Å². The highest BCUT2D eigenvalue weighted by Crippen LogP contribution is 2.25. The molecule has 0 radical (unpaired) electrons. The van der Waals surface area contributed by atoms with E-state index in [4.69, 9.17) is 15.7 Å². The van der Waals surface area contributed by atoms with Crippen molar-refractivity contribution in [2.75, 3.05) is 0 Å². The summed E-state index contributed by atoms with van der Waals surface area (Å²) in [4.78, 5) is 15.6. The fourth-order valence-electron chi connectivity index (χ4n) is 1.87. The molecule has 0 spiro atoms. The minimum atomic E-state index is -2.45. The van der Waals surface area contributed by atoms with Gasteiger partial charge in [0.15, 0.2) is 11.9 Å². The van der Waals surface area contributed by atoms with Gasteiger partial charge in [-0.15, -0.1) is 0 Å². The third kappa shape index (κ3) is 1.90. The summed E-state index contributed by atoms with van der Waals surface area (Å²) in [5.74, 6) is 0. The normalized spacial score (nSPS) is 13.8. The zero-order valence-electron chi connectivity index (χ0n) is 12.7. The van der Waals surface area contributed by atoms with Crippen molar-refractivity contribution in [3.8, 4) is 11.3 Å². The standard InChI is InChI=1S/C14H10ClN3O/c1-9-12(15)14-16-13(10-5-3-2-4-6-10)11(8-19)7-18(14)17-9/h2-8H,1H3/i1D3. The second-order valence-corrected chi connectivity index (χ2v) is 4.34. The Hall–Kier alpha value is -2.20. The molecule has 0 saturated carbocycles. The average Bonchev–Trinajstić information content (AvgIpc) is 2.83. The van der Waals surface area contributed by atoms with Gasteiger partial charge in [-0.1, -0.05) is 41.9 Å². The molecule has 5 heteroatoms. The lowest BCUT2D eigenvalue weighted by atomic mass is 10.1. The average molecular weight is 275 g/mol. The number of fused-ring (bicyclic) bond motifs is 1. The summed E-state index contributed by atoms with van der Waals surface area (Å²) in [6.45, 7) is -2.45. The number of hydrogen-bond donors (Lipinski definition) is 0. The molecule has 0 fully saturated rings. The summed E-state index contributed by atoms with van der Waals surface area (Å²) in [6, 6.07) is 9.10. The maximum Gasteiger partial charge on any atom is 0.174 e. The molecule has 2 heterocycles. The number of hydrogen-bond acceptors (Lipinski definition) is 3. The second-order valence-electron chi connectivity index (χ2n) is 3.96. The number of benzene rings is 1. The summed E-state index contributed by atoms with van der Waals surface area (Å²) in [7, 11) is 0. The number of aryl methyl sites for hydroxylation is 1. The topological polar surface area (TPSA) is 47.3 Å².